The number of nitrogens with zero attached hydrogens (tertiary/aromatic N) is 3. The number of pyridine rings is 1. The fourth-order valence-electron chi connectivity index (χ4n) is 3.82. The molecule has 0 atom stereocenters. The molecule has 0 fully saturated rings. The Balaban J connectivity index is 2.00. The number of methoxy groups -OCH3 is 1. The molecule has 154 valence electrons. The molecule has 0 saturated heterocycles. The second kappa shape index (κ2) is 7.06. The lowest BCUT2D eigenvalue weighted by Gasteiger charge is -2.11. The summed E-state index contributed by atoms with van der Waals surface area (Å²) in [6.07, 6.45) is 0. The van der Waals surface area contributed by atoms with Crippen LogP contribution in [0.25, 0.3) is 38.9 Å². The van der Waals surface area contributed by atoms with Gasteiger partial charge in [-0.2, -0.15) is 4.98 Å². The van der Waals surface area contributed by atoms with E-state index in [0.29, 0.717) is 27.9 Å². The smallest absolute Gasteiger partial charge is 0.261 e. The number of nitrogens with one attached hydrogen (secondary N) is 2. The average molecular weight is 431 g/mol. The minimum Gasteiger partial charge on any atom is -0.504 e. The van der Waals surface area contributed by atoms with Crippen molar-refractivity contribution in [3.63, 3.8) is 0 Å². The lowest BCUT2D eigenvalue weighted by Crippen LogP contribution is -2.11. The first-order valence-corrected chi connectivity index (χ1v) is 9.87. The van der Waals surface area contributed by atoms with E-state index >= 15 is 0 Å². The molecule has 3 N–H and O–H groups in total. The van der Waals surface area contributed by atoms with E-state index in [0.717, 1.165) is 16.8 Å². The van der Waals surface area contributed by atoms with Crippen molar-refractivity contribution in [1.29, 1.82) is 0 Å². The summed E-state index contributed by atoms with van der Waals surface area (Å²) in [5.41, 5.74) is 3.47. The van der Waals surface area contributed by atoms with Crippen molar-refractivity contribution in [1.82, 2.24) is 24.7 Å². The molecule has 0 spiro atoms. The lowest BCUT2D eigenvalue weighted by atomic mass is 9.98. The molecule has 0 unspecified atom stereocenters. The number of hydrogen-bond acceptors (Lipinski definition) is 6. The van der Waals surface area contributed by atoms with Gasteiger partial charge in [-0.25, -0.2) is 9.67 Å². The fourth-order valence-corrected chi connectivity index (χ4v) is 4.00. The minimum absolute atomic E-state index is 0.00544. The first kappa shape index (κ1) is 19.0. The van der Waals surface area contributed by atoms with Gasteiger partial charge in [-0.1, -0.05) is 24.3 Å². The number of phenols is 1. The first-order valence-electron chi connectivity index (χ1n) is 9.46. The van der Waals surface area contributed by atoms with Gasteiger partial charge in [0, 0.05) is 16.6 Å². The molecule has 0 radical (unpaired) electrons. The normalized spacial score (nSPS) is 11.3. The Labute approximate surface area is 180 Å². The van der Waals surface area contributed by atoms with Crippen molar-refractivity contribution in [2.24, 2.45) is 0 Å². The van der Waals surface area contributed by atoms with Crippen LogP contribution in [0.2, 0.25) is 0 Å². The lowest BCUT2D eigenvalue weighted by molar-refractivity contribution is 0.373. The van der Waals surface area contributed by atoms with Gasteiger partial charge in [0.25, 0.3) is 5.56 Å². The Kier molecular flexibility index (Phi) is 4.33. The third kappa shape index (κ3) is 2.98. The van der Waals surface area contributed by atoms with Crippen molar-refractivity contribution >= 4 is 34.3 Å². The van der Waals surface area contributed by atoms with Crippen molar-refractivity contribution in [2.75, 3.05) is 7.11 Å². The van der Waals surface area contributed by atoms with Crippen molar-refractivity contribution in [3.8, 4) is 28.3 Å². The summed E-state index contributed by atoms with van der Waals surface area (Å²) >= 11 is 5.12. The molecule has 31 heavy (non-hydrogen) atoms. The van der Waals surface area contributed by atoms with E-state index < -0.39 is 0 Å². The number of ether oxygens (including phenoxy) is 1. The van der Waals surface area contributed by atoms with Gasteiger partial charge in [0.2, 0.25) is 4.77 Å². The van der Waals surface area contributed by atoms with E-state index in [1.807, 2.05) is 41.9 Å². The largest absolute Gasteiger partial charge is 0.504 e. The maximum atomic E-state index is 12.9. The van der Waals surface area contributed by atoms with E-state index in [-0.39, 0.29) is 21.7 Å². The van der Waals surface area contributed by atoms with Crippen LogP contribution < -0.4 is 10.3 Å². The highest BCUT2D eigenvalue weighted by molar-refractivity contribution is 7.71. The molecule has 0 bridgehead atoms. The van der Waals surface area contributed by atoms with E-state index in [9.17, 15) is 9.90 Å². The highest BCUT2D eigenvalue weighted by Crippen LogP contribution is 2.38. The van der Waals surface area contributed by atoms with Crippen LogP contribution >= 0.6 is 12.2 Å². The quantitative estimate of drug-likeness (QED) is 0.373. The molecule has 0 aliphatic rings. The zero-order valence-corrected chi connectivity index (χ0v) is 17.4. The highest BCUT2D eigenvalue weighted by Gasteiger charge is 2.21. The molecular weight excluding hydrogens is 414 g/mol. The Bertz CT molecular complexity index is 1580. The second-order valence-electron chi connectivity index (χ2n) is 7.05. The van der Waals surface area contributed by atoms with Crippen LogP contribution in [0.3, 0.4) is 0 Å². The number of aromatic amines is 2. The van der Waals surface area contributed by atoms with E-state index in [1.54, 1.807) is 12.1 Å². The van der Waals surface area contributed by atoms with Crippen LogP contribution in [0.4, 0.5) is 0 Å². The van der Waals surface area contributed by atoms with Crippen LogP contribution in [0.1, 0.15) is 5.69 Å². The third-order valence-electron chi connectivity index (χ3n) is 5.16. The number of H-pyrrole nitrogens is 2. The molecule has 2 aromatic carbocycles. The summed E-state index contributed by atoms with van der Waals surface area (Å²) < 4.78 is 7.20. The van der Waals surface area contributed by atoms with Crippen LogP contribution in [0.5, 0.6) is 11.5 Å². The van der Waals surface area contributed by atoms with Gasteiger partial charge in [0.15, 0.2) is 22.8 Å². The average Bonchev–Trinajstić information content (AvgIpc) is 3.09. The van der Waals surface area contributed by atoms with Crippen LogP contribution in [0.15, 0.2) is 53.3 Å². The van der Waals surface area contributed by atoms with E-state index in [4.69, 9.17) is 21.9 Å². The monoisotopic (exact) mass is 431 g/mol. The van der Waals surface area contributed by atoms with Crippen LogP contribution in [-0.4, -0.2) is 36.9 Å². The summed E-state index contributed by atoms with van der Waals surface area (Å²) in [7, 11) is 1.47. The standard InChI is InChI=1S/C22H17N5O3S/c1-11-16-17(12-8-9-14(28)15(10-12)30-2)18-19(24-22(31)25-21(18)29)23-20(16)27(26-11)13-6-4-3-5-7-13/h3-10,26,28H,1-2H3,(H,25,29,31). The van der Waals surface area contributed by atoms with Crippen molar-refractivity contribution < 1.29 is 9.84 Å². The van der Waals surface area contributed by atoms with Gasteiger partial charge in [-0.3, -0.25) is 14.9 Å². The summed E-state index contributed by atoms with van der Waals surface area (Å²) in [5, 5.41) is 14.5. The number of rotatable bonds is 3. The molecule has 3 aromatic heterocycles. The summed E-state index contributed by atoms with van der Waals surface area (Å²) in [6, 6.07) is 14.6. The Hall–Kier alpha value is -3.98. The SMILES string of the molecule is COc1cc(-c2c3c(C)[nH]n(-c4ccccc4)c3nc3nc(=S)[nH]c(=O)c23)ccc1O. The summed E-state index contributed by atoms with van der Waals surface area (Å²) in [4.78, 5) is 24.6. The number of hydrogen-bond donors (Lipinski definition) is 3. The number of aromatic nitrogens is 5. The van der Waals surface area contributed by atoms with Crippen molar-refractivity contribution in [3.05, 3.63) is 69.3 Å². The Morgan fingerprint density at radius 1 is 1.10 bits per heavy atom. The molecule has 8 nitrogen and oxygen atoms in total. The maximum absolute atomic E-state index is 12.9. The highest BCUT2D eigenvalue weighted by atomic mass is 32.1. The molecule has 0 amide bonds. The number of aryl methyl sites for hydroxylation is 1. The van der Waals surface area contributed by atoms with Crippen LogP contribution in [0, 0.1) is 11.7 Å². The van der Waals surface area contributed by atoms with Gasteiger partial charge < -0.3 is 9.84 Å². The number of para-hydroxylation sites is 1. The number of aromatic hydroxyl groups is 1. The third-order valence-corrected chi connectivity index (χ3v) is 5.36. The molecule has 9 heteroatoms. The maximum Gasteiger partial charge on any atom is 0.261 e. The van der Waals surface area contributed by atoms with Gasteiger partial charge >= 0.3 is 0 Å². The fraction of sp³-hybridized carbons (Fsp3) is 0.0909. The van der Waals surface area contributed by atoms with Gasteiger partial charge in [0.05, 0.1) is 18.2 Å². The molecule has 5 rings (SSSR count). The molecule has 3 heterocycles. The predicted molar refractivity (Wildman–Crippen MR) is 121 cm³/mol. The van der Waals surface area contributed by atoms with E-state index in [1.165, 1.54) is 13.2 Å². The molecular formula is C22H17N5O3S. The number of phenolic OH excluding ortho intramolecular Hbond substituents is 1. The molecule has 0 saturated carbocycles. The zero-order valence-electron chi connectivity index (χ0n) is 16.6. The van der Waals surface area contributed by atoms with Gasteiger partial charge in [0.1, 0.15) is 0 Å². The van der Waals surface area contributed by atoms with E-state index in [2.05, 4.69) is 15.1 Å². The molecule has 0 aliphatic heterocycles. The van der Waals surface area contributed by atoms with Crippen molar-refractivity contribution in [2.45, 2.75) is 6.92 Å². The minimum atomic E-state index is -0.377. The predicted octanol–water partition coefficient (Wildman–Crippen LogP) is 4.01. The Morgan fingerprint density at radius 3 is 2.61 bits per heavy atom. The first-order chi connectivity index (χ1) is 15.0. The zero-order chi connectivity index (χ0) is 21.7. The topological polar surface area (TPSA) is 109 Å². The number of benzene rings is 2. The number of fused-ring (bicyclic) bond motifs is 2. The summed E-state index contributed by atoms with van der Waals surface area (Å²) in [5.74, 6) is 0.301. The second-order valence-corrected chi connectivity index (χ2v) is 7.44. The molecule has 5 aromatic rings. The Morgan fingerprint density at radius 2 is 1.87 bits per heavy atom. The molecule has 0 aliphatic carbocycles. The summed E-state index contributed by atoms with van der Waals surface area (Å²) in [6.45, 7) is 1.92. The van der Waals surface area contributed by atoms with Crippen LogP contribution in [-0.2, 0) is 0 Å². The van der Waals surface area contributed by atoms with Gasteiger partial charge in [-0.05, 0) is 49.0 Å². The van der Waals surface area contributed by atoms with Gasteiger partial charge in [-0.15, -0.1) is 0 Å².